The van der Waals surface area contributed by atoms with E-state index in [0.29, 0.717) is 18.7 Å². The van der Waals surface area contributed by atoms with E-state index in [1.165, 1.54) is 5.01 Å². The summed E-state index contributed by atoms with van der Waals surface area (Å²) >= 11 is 0. The van der Waals surface area contributed by atoms with Crippen LogP contribution in [-0.2, 0) is 4.74 Å². The van der Waals surface area contributed by atoms with Crippen molar-refractivity contribution < 1.29 is 9.66 Å². The van der Waals surface area contributed by atoms with E-state index in [2.05, 4.69) is 11.9 Å². The van der Waals surface area contributed by atoms with Gasteiger partial charge >= 0.3 is 5.70 Å². The molecule has 7 nitrogen and oxygen atoms in total. The molecular weight excluding hydrogens is 272 g/mol. The van der Waals surface area contributed by atoms with Crippen molar-refractivity contribution in [3.05, 3.63) is 21.7 Å². The van der Waals surface area contributed by atoms with Crippen molar-refractivity contribution in [3.8, 4) is 0 Å². The second kappa shape index (κ2) is 7.97. The third-order valence-electron chi connectivity index (χ3n) is 3.34. The van der Waals surface area contributed by atoms with Gasteiger partial charge in [-0.1, -0.05) is 33.1 Å². The molecule has 1 aliphatic heterocycles. The van der Waals surface area contributed by atoms with Crippen LogP contribution in [-0.4, -0.2) is 27.9 Å². The maximum Gasteiger partial charge on any atom is 0.331 e. The molecule has 0 aromatic heterocycles. The van der Waals surface area contributed by atoms with E-state index in [9.17, 15) is 10.1 Å². The molecule has 21 heavy (non-hydrogen) atoms. The SMILES string of the molecule is CCCCCC1C([N+](=O)[O-])=C(OC(C)C)N=C(CC)N1N. The maximum absolute atomic E-state index is 11.4. The number of nitro groups is 1. The van der Waals surface area contributed by atoms with E-state index in [1.54, 1.807) is 0 Å². The highest BCUT2D eigenvalue weighted by atomic mass is 16.6. The standard InChI is InChI=1S/C14H26N4O3/c1-5-7-8-9-11-13(18(19)20)14(21-10(3)4)16-12(6-2)17(11)15/h10-11H,5-9,15H2,1-4H3. The van der Waals surface area contributed by atoms with Crippen molar-refractivity contribution >= 4 is 5.84 Å². The van der Waals surface area contributed by atoms with Gasteiger partial charge < -0.3 is 4.74 Å². The number of nitrogens with two attached hydrogens (primary N) is 1. The summed E-state index contributed by atoms with van der Waals surface area (Å²) in [6.45, 7) is 7.67. The number of rotatable bonds is 8. The minimum Gasteiger partial charge on any atom is -0.470 e. The second-order valence-electron chi connectivity index (χ2n) is 5.41. The largest absolute Gasteiger partial charge is 0.470 e. The quantitative estimate of drug-likeness (QED) is 0.322. The molecule has 7 heteroatoms. The van der Waals surface area contributed by atoms with E-state index in [0.717, 1.165) is 19.3 Å². The monoisotopic (exact) mass is 298 g/mol. The molecule has 0 aliphatic carbocycles. The predicted molar refractivity (Wildman–Crippen MR) is 81.9 cm³/mol. The van der Waals surface area contributed by atoms with Crippen LogP contribution in [0.4, 0.5) is 0 Å². The van der Waals surface area contributed by atoms with Crippen LogP contribution >= 0.6 is 0 Å². The van der Waals surface area contributed by atoms with E-state index in [4.69, 9.17) is 10.6 Å². The fourth-order valence-electron chi connectivity index (χ4n) is 2.32. The molecule has 0 aromatic rings. The maximum atomic E-state index is 11.4. The Balaban J connectivity index is 3.14. The summed E-state index contributed by atoms with van der Waals surface area (Å²) in [7, 11) is 0. The van der Waals surface area contributed by atoms with E-state index >= 15 is 0 Å². The van der Waals surface area contributed by atoms with Gasteiger partial charge in [-0.3, -0.25) is 15.1 Å². The van der Waals surface area contributed by atoms with Gasteiger partial charge in [-0.25, -0.2) is 5.84 Å². The van der Waals surface area contributed by atoms with Gasteiger partial charge in [0.05, 0.1) is 11.0 Å². The van der Waals surface area contributed by atoms with Crippen LogP contribution in [0.2, 0.25) is 0 Å². The van der Waals surface area contributed by atoms with Crippen LogP contribution in [0, 0.1) is 10.1 Å². The van der Waals surface area contributed by atoms with E-state index < -0.39 is 11.0 Å². The van der Waals surface area contributed by atoms with Crippen molar-refractivity contribution in [3.63, 3.8) is 0 Å². The summed E-state index contributed by atoms with van der Waals surface area (Å²) in [5.74, 6) is 6.78. The van der Waals surface area contributed by atoms with E-state index in [-0.39, 0.29) is 17.7 Å². The predicted octanol–water partition coefficient (Wildman–Crippen LogP) is 2.80. The average molecular weight is 298 g/mol. The van der Waals surface area contributed by atoms with Gasteiger partial charge in [-0.15, -0.1) is 0 Å². The van der Waals surface area contributed by atoms with Crippen molar-refractivity contribution in [1.82, 2.24) is 5.01 Å². The average Bonchev–Trinajstić information content (AvgIpc) is 2.40. The summed E-state index contributed by atoms with van der Waals surface area (Å²) in [5, 5.41) is 12.9. The molecule has 0 saturated heterocycles. The van der Waals surface area contributed by atoms with Crippen LogP contribution in [0.15, 0.2) is 16.6 Å². The molecule has 0 saturated carbocycles. The third-order valence-corrected chi connectivity index (χ3v) is 3.34. The van der Waals surface area contributed by atoms with Crippen LogP contribution < -0.4 is 5.84 Å². The van der Waals surface area contributed by atoms with Crippen molar-refractivity contribution in [1.29, 1.82) is 0 Å². The zero-order valence-electron chi connectivity index (χ0n) is 13.3. The summed E-state index contributed by atoms with van der Waals surface area (Å²) in [6.07, 6.45) is 4.03. The number of hydrogen-bond donors (Lipinski definition) is 1. The Hall–Kier alpha value is -1.63. The third kappa shape index (κ3) is 4.42. The lowest BCUT2D eigenvalue weighted by Gasteiger charge is -2.31. The van der Waals surface area contributed by atoms with Crippen molar-refractivity contribution in [2.45, 2.75) is 71.9 Å². The van der Waals surface area contributed by atoms with Crippen LogP contribution in [0.25, 0.3) is 0 Å². The van der Waals surface area contributed by atoms with Gasteiger partial charge in [-0.2, -0.15) is 4.99 Å². The summed E-state index contributed by atoms with van der Waals surface area (Å²) in [4.78, 5) is 15.3. The van der Waals surface area contributed by atoms with Gasteiger partial charge in [0.1, 0.15) is 11.9 Å². The first-order chi connectivity index (χ1) is 9.92. The van der Waals surface area contributed by atoms with Crippen molar-refractivity contribution in [2.75, 3.05) is 0 Å². The lowest BCUT2D eigenvalue weighted by Crippen LogP contribution is -2.50. The Bertz CT molecular complexity index is 432. The summed E-state index contributed by atoms with van der Waals surface area (Å²) < 4.78 is 5.55. The Labute approximate surface area is 126 Å². The molecule has 0 spiro atoms. The number of nitrogens with zero attached hydrogens (tertiary/aromatic N) is 3. The normalized spacial score (nSPS) is 19.0. The summed E-state index contributed by atoms with van der Waals surface area (Å²) in [5.41, 5.74) is -0.0282. The number of amidine groups is 1. The Morgan fingerprint density at radius 2 is 2.10 bits per heavy atom. The fraction of sp³-hybridized carbons (Fsp3) is 0.786. The van der Waals surface area contributed by atoms with Crippen molar-refractivity contribution in [2.24, 2.45) is 10.8 Å². The Morgan fingerprint density at radius 1 is 1.43 bits per heavy atom. The van der Waals surface area contributed by atoms with Gasteiger partial charge in [-0.05, 0) is 20.3 Å². The smallest absolute Gasteiger partial charge is 0.331 e. The van der Waals surface area contributed by atoms with Crippen LogP contribution in [0.5, 0.6) is 0 Å². The molecule has 0 fully saturated rings. The minimum atomic E-state index is -0.479. The van der Waals surface area contributed by atoms with E-state index in [1.807, 2.05) is 20.8 Å². The fourth-order valence-corrected chi connectivity index (χ4v) is 2.32. The Kier molecular flexibility index (Phi) is 6.61. The molecule has 0 radical (unpaired) electrons. The second-order valence-corrected chi connectivity index (χ2v) is 5.41. The first-order valence-electron chi connectivity index (χ1n) is 7.59. The topological polar surface area (TPSA) is 94.0 Å². The molecule has 0 bridgehead atoms. The highest BCUT2D eigenvalue weighted by Gasteiger charge is 2.39. The molecule has 1 aliphatic rings. The molecule has 0 aromatic carbocycles. The Morgan fingerprint density at radius 3 is 2.57 bits per heavy atom. The van der Waals surface area contributed by atoms with Gasteiger partial charge in [0, 0.05) is 6.42 Å². The lowest BCUT2D eigenvalue weighted by molar-refractivity contribution is -0.437. The molecule has 1 unspecified atom stereocenters. The van der Waals surface area contributed by atoms with Gasteiger partial charge in [0.2, 0.25) is 0 Å². The molecule has 2 N–H and O–H groups in total. The summed E-state index contributed by atoms with van der Waals surface area (Å²) in [6, 6.07) is -0.479. The number of unbranched alkanes of at least 4 members (excludes halogenated alkanes) is 2. The minimum absolute atomic E-state index is 0.0282. The molecular formula is C14H26N4O3. The molecule has 1 heterocycles. The van der Waals surface area contributed by atoms with Crippen LogP contribution in [0.1, 0.15) is 59.8 Å². The number of hydrogen-bond acceptors (Lipinski definition) is 6. The number of aliphatic imine (C=N–C) groups is 1. The first kappa shape index (κ1) is 17.4. The molecule has 1 rings (SSSR count). The first-order valence-corrected chi connectivity index (χ1v) is 7.59. The molecule has 0 amide bonds. The number of ether oxygens (including phenoxy) is 1. The zero-order valence-corrected chi connectivity index (χ0v) is 13.3. The van der Waals surface area contributed by atoms with Gasteiger partial charge in [0.15, 0.2) is 0 Å². The highest BCUT2D eigenvalue weighted by molar-refractivity contribution is 5.83. The number of hydrazine groups is 1. The zero-order chi connectivity index (χ0) is 16.0. The lowest BCUT2D eigenvalue weighted by atomic mass is 10.0. The van der Waals surface area contributed by atoms with Gasteiger partial charge in [0.25, 0.3) is 5.88 Å². The highest BCUT2D eigenvalue weighted by Crippen LogP contribution is 2.27. The van der Waals surface area contributed by atoms with Crippen LogP contribution in [0.3, 0.4) is 0 Å². The molecule has 1 atom stereocenters. The molecule has 120 valence electrons.